The van der Waals surface area contributed by atoms with Gasteiger partial charge in [0.15, 0.2) is 0 Å². The van der Waals surface area contributed by atoms with Crippen LogP contribution in [-0.2, 0) is 0 Å². The minimum atomic E-state index is -3.34. The molecule has 0 aromatic heterocycles. The standard InChI is InChI=1S/C4H6F4O2/c5-3(6)1(9)2(10)4(7)8/h1-4,9-10H. The molecule has 0 aromatic carbocycles. The van der Waals surface area contributed by atoms with E-state index < -0.39 is 25.1 Å². The Morgan fingerprint density at radius 1 is 0.700 bits per heavy atom. The van der Waals surface area contributed by atoms with E-state index in [1.807, 2.05) is 0 Å². The van der Waals surface area contributed by atoms with Crippen LogP contribution in [0.1, 0.15) is 0 Å². The Kier molecular flexibility index (Phi) is 3.59. The van der Waals surface area contributed by atoms with Crippen LogP contribution in [0.3, 0.4) is 0 Å². The summed E-state index contributed by atoms with van der Waals surface area (Å²) in [5.41, 5.74) is 0. The molecule has 62 valence electrons. The van der Waals surface area contributed by atoms with E-state index in [1.54, 1.807) is 0 Å². The normalized spacial score (nSPS) is 18.0. The summed E-state index contributed by atoms with van der Waals surface area (Å²) in [4.78, 5) is 0. The zero-order valence-electron chi connectivity index (χ0n) is 4.72. The molecule has 0 rings (SSSR count). The van der Waals surface area contributed by atoms with E-state index in [4.69, 9.17) is 10.2 Å². The number of hydrogen-bond acceptors (Lipinski definition) is 2. The van der Waals surface area contributed by atoms with Gasteiger partial charge in [-0.1, -0.05) is 0 Å². The third kappa shape index (κ3) is 2.49. The minimum absolute atomic E-state index is 2.67. The third-order valence-electron chi connectivity index (χ3n) is 0.866. The fraction of sp³-hybridized carbons (Fsp3) is 1.00. The number of rotatable bonds is 3. The molecule has 0 heterocycles. The summed E-state index contributed by atoms with van der Waals surface area (Å²) < 4.78 is 45.2. The molecule has 0 bridgehead atoms. The molecule has 0 aliphatic rings. The van der Waals surface area contributed by atoms with Crippen molar-refractivity contribution < 1.29 is 27.8 Å². The fourth-order valence-corrected chi connectivity index (χ4v) is 0.298. The topological polar surface area (TPSA) is 40.5 Å². The van der Waals surface area contributed by atoms with Crippen LogP contribution in [-0.4, -0.2) is 35.3 Å². The van der Waals surface area contributed by atoms with Crippen LogP contribution >= 0.6 is 0 Å². The van der Waals surface area contributed by atoms with Gasteiger partial charge in [-0.15, -0.1) is 0 Å². The molecule has 0 saturated heterocycles. The molecule has 2 N–H and O–H groups in total. The predicted octanol–water partition coefficient (Wildman–Crippen LogP) is 0.238. The van der Waals surface area contributed by atoms with Crippen LogP contribution in [0, 0.1) is 0 Å². The lowest BCUT2D eigenvalue weighted by molar-refractivity contribution is -0.126. The van der Waals surface area contributed by atoms with Crippen molar-refractivity contribution in [1.29, 1.82) is 0 Å². The first-order chi connectivity index (χ1) is 4.46. The Hall–Kier alpha value is -0.360. The number of alkyl halides is 4. The number of aliphatic hydroxyl groups excluding tert-OH is 2. The van der Waals surface area contributed by atoms with Crippen LogP contribution in [0.25, 0.3) is 0 Å². The molecule has 0 radical (unpaired) electrons. The molecule has 0 aliphatic carbocycles. The lowest BCUT2D eigenvalue weighted by Gasteiger charge is -2.14. The van der Waals surface area contributed by atoms with E-state index in [0.29, 0.717) is 0 Å². The average molecular weight is 162 g/mol. The summed E-state index contributed by atoms with van der Waals surface area (Å²) in [6.45, 7) is 0. The van der Waals surface area contributed by atoms with Gasteiger partial charge < -0.3 is 10.2 Å². The molecule has 10 heavy (non-hydrogen) atoms. The average Bonchev–Trinajstić information content (AvgIpc) is 1.84. The van der Waals surface area contributed by atoms with Gasteiger partial charge in [-0.25, -0.2) is 17.6 Å². The monoisotopic (exact) mass is 162 g/mol. The maximum absolute atomic E-state index is 11.3. The van der Waals surface area contributed by atoms with Crippen LogP contribution in [0.15, 0.2) is 0 Å². The second-order valence-electron chi connectivity index (χ2n) is 1.65. The fourth-order valence-electron chi connectivity index (χ4n) is 0.298. The summed E-state index contributed by atoms with van der Waals surface area (Å²) in [5.74, 6) is 0. The number of halogens is 4. The molecule has 6 heteroatoms. The van der Waals surface area contributed by atoms with Crippen molar-refractivity contribution in [3.63, 3.8) is 0 Å². The molecule has 2 unspecified atom stereocenters. The smallest absolute Gasteiger partial charge is 0.266 e. The quantitative estimate of drug-likeness (QED) is 0.583. The van der Waals surface area contributed by atoms with E-state index in [2.05, 4.69) is 0 Å². The van der Waals surface area contributed by atoms with Gasteiger partial charge >= 0.3 is 0 Å². The van der Waals surface area contributed by atoms with Crippen molar-refractivity contribution in [3.8, 4) is 0 Å². The molecule has 0 fully saturated rings. The molecule has 0 amide bonds. The van der Waals surface area contributed by atoms with Crippen LogP contribution in [0.5, 0.6) is 0 Å². The van der Waals surface area contributed by atoms with Crippen molar-refractivity contribution in [2.24, 2.45) is 0 Å². The van der Waals surface area contributed by atoms with Crippen molar-refractivity contribution >= 4 is 0 Å². The first-order valence-electron chi connectivity index (χ1n) is 2.39. The summed E-state index contributed by atoms with van der Waals surface area (Å²) >= 11 is 0. The predicted molar refractivity (Wildman–Crippen MR) is 24.0 cm³/mol. The van der Waals surface area contributed by atoms with Gasteiger partial charge in [0.2, 0.25) is 0 Å². The van der Waals surface area contributed by atoms with Gasteiger partial charge in [-0.05, 0) is 0 Å². The maximum Gasteiger partial charge on any atom is 0.266 e. The third-order valence-corrected chi connectivity index (χ3v) is 0.866. The van der Waals surface area contributed by atoms with E-state index in [-0.39, 0.29) is 0 Å². The minimum Gasteiger partial charge on any atom is -0.384 e. The van der Waals surface area contributed by atoms with E-state index in [1.165, 1.54) is 0 Å². The largest absolute Gasteiger partial charge is 0.384 e. The van der Waals surface area contributed by atoms with Crippen LogP contribution in [0.2, 0.25) is 0 Å². The van der Waals surface area contributed by atoms with Gasteiger partial charge in [0.25, 0.3) is 12.9 Å². The summed E-state index contributed by atoms with van der Waals surface area (Å²) in [6.07, 6.45) is -12.0. The molecular weight excluding hydrogens is 156 g/mol. The second kappa shape index (κ2) is 3.72. The second-order valence-corrected chi connectivity index (χ2v) is 1.65. The lowest BCUT2D eigenvalue weighted by atomic mass is 10.2. The van der Waals surface area contributed by atoms with Crippen LogP contribution in [0.4, 0.5) is 17.6 Å². The summed E-state index contributed by atoms with van der Waals surface area (Å²) in [6, 6.07) is 0. The highest BCUT2D eigenvalue weighted by atomic mass is 19.3. The zero-order chi connectivity index (χ0) is 8.31. The molecule has 2 nitrogen and oxygen atoms in total. The van der Waals surface area contributed by atoms with E-state index in [0.717, 1.165) is 0 Å². The van der Waals surface area contributed by atoms with Gasteiger partial charge in [-0.3, -0.25) is 0 Å². The first-order valence-corrected chi connectivity index (χ1v) is 2.39. The van der Waals surface area contributed by atoms with Gasteiger partial charge in [0.1, 0.15) is 12.2 Å². The molecule has 0 spiro atoms. The molecule has 0 saturated carbocycles. The van der Waals surface area contributed by atoms with Gasteiger partial charge in [0, 0.05) is 0 Å². The Bertz CT molecular complexity index is 85.3. The highest BCUT2D eigenvalue weighted by Gasteiger charge is 2.32. The number of hydrogen-bond donors (Lipinski definition) is 2. The van der Waals surface area contributed by atoms with Crippen molar-refractivity contribution in [2.75, 3.05) is 0 Å². The van der Waals surface area contributed by atoms with Crippen molar-refractivity contribution in [3.05, 3.63) is 0 Å². The van der Waals surface area contributed by atoms with Crippen molar-refractivity contribution in [1.82, 2.24) is 0 Å². The molecular formula is C4H6F4O2. The Morgan fingerprint density at radius 3 is 1.00 bits per heavy atom. The summed E-state index contributed by atoms with van der Waals surface area (Å²) in [5, 5.41) is 16.2. The van der Waals surface area contributed by atoms with E-state index in [9.17, 15) is 17.6 Å². The highest BCUT2D eigenvalue weighted by molar-refractivity contribution is 4.70. The Balaban J connectivity index is 3.81. The Labute approximate surface area is 54.1 Å². The van der Waals surface area contributed by atoms with E-state index >= 15 is 0 Å². The van der Waals surface area contributed by atoms with Gasteiger partial charge in [-0.2, -0.15) is 0 Å². The molecule has 2 atom stereocenters. The Morgan fingerprint density at radius 2 is 0.900 bits per heavy atom. The number of aliphatic hydroxyl groups is 2. The summed E-state index contributed by atoms with van der Waals surface area (Å²) in [7, 11) is 0. The van der Waals surface area contributed by atoms with Gasteiger partial charge in [0.05, 0.1) is 0 Å². The molecule has 0 aromatic rings. The molecule has 0 aliphatic heterocycles. The SMILES string of the molecule is OC(C(F)F)C(O)C(F)F. The lowest BCUT2D eigenvalue weighted by Crippen LogP contribution is -2.37. The highest BCUT2D eigenvalue weighted by Crippen LogP contribution is 2.11. The van der Waals surface area contributed by atoms with Crippen molar-refractivity contribution in [2.45, 2.75) is 25.1 Å². The van der Waals surface area contributed by atoms with Crippen LogP contribution < -0.4 is 0 Å². The zero-order valence-corrected chi connectivity index (χ0v) is 4.72. The first kappa shape index (κ1) is 9.64. The maximum atomic E-state index is 11.3.